The van der Waals surface area contributed by atoms with E-state index in [1.807, 2.05) is 31.2 Å². The Morgan fingerprint density at radius 3 is 2.67 bits per heavy atom. The van der Waals surface area contributed by atoms with Crippen LogP contribution in [-0.2, 0) is 33.5 Å². The van der Waals surface area contributed by atoms with Gasteiger partial charge >= 0.3 is 5.82 Å². The Kier molecular flexibility index (Phi) is 8.88. The first kappa shape index (κ1) is 27.3. The summed E-state index contributed by atoms with van der Waals surface area (Å²) in [4.78, 5) is 34.6. The average molecular weight is 558 g/mol. The van der Waals surface area contributed by atoms with Crippen LogP contribution in [0.2, 0.25) is 0 Å². The van der Waals surface area contributed by atoms with Crippen LogP contribution >= 0.6 is 8.38 Å². The molecule has 3 aromatic heterocycles. The molecule has 208 valence electrons. The fraction of sp³-hybridized carbons (Fsp3) is 0.462. The molecule has 3 N–H and O–H groups in total. The fourth-order valence-corrected chi connectivity index (χ4v) is 5.66. The maximum atomic E-state index is 12.0. The highest BCUT2D eigenvalue weighted by Crippen LogP contribution is 2.42. The Labute approximate surface area is 225 Å². The summed E-state index contributed by atoms with van der Waals surface area (Å²) in [6.07, 6.45) is 7.03. The van der Waals surface area contributed by atoms with Gasteiger partial charge in [0.2, 0.25) is 5.95 Å². The Morgan fingerprint density at radius 1 is 1.10 bits per heavy atom. The highest BCUT2D eigenvalue weighted by molar-refractivity contribution is 7.46. The smallest absolute Gasteiger partial charge is 0.395 e. The summed E-state index contributed by atoms with van der Waals surface area (Å²) < 4.78 is 30.5. The van der Waals surface area contributed by atoms with Gasteiger partial charge in [-0.3, -0.25) is 9.78 Å². The molecule has 1 saturated carbocycles. The van der Waals surface area contributed by atoms with E-state index in [0.29, 0.717) is 36.9 Å². The molecule has 1 aromatic carbocycles. The van der Waals surface area contributed by atoms with Crippen molar-refractivity contribution in [1.82, 2.24) is 19.5 Å². The molecule has 39 heavy (non-hydrogen) atoms. The Morgan fingerprint density at radius 2 is 1.87 bits per heavy atom. The number of fused-ring (bicyclic) bond motifs is 1. The van der Waals surface area contributed by atoms with Crippen LogP contribution in [0.15, 0.2) is 49.0 Å². The highest BCUT2D eigenvalue weighted by atomic mass is 31.2. The third-order valence-electron chi connectivity index (χ3n) is 6.65. The van der Waals surface area contributed by atoms with E-state index in [-0.39, 0.29) is 30.3 Å². The van der Waals surface area contributed by atoms with Gasteiger partial charge in [0.05, 0.1) is 19.5 Å². The molecule has 13 heteroatoms. The number of benzene rings is 1. The number of hydrogen-bond acceptors (Lipinski definition) is 10. The lowest BCUT2D eigenvalue weighted by Crippen LogP contribution is -2.13. The molecule has 12 nitrogen and oxygen atoms in total. The van der Waals surface area contributed by atoms with E-state index in [1.54, 1.807) is 4.57 Å². The van der Waals surface area contributed by atoms with Crippen molar-refractivity contribution in [2.75, 3.05) is 18.7 Å². The van der Waals surface area contributed by atoms with Crippen LogP contribution in [0.3, 0.4) is 0 Å². The van der Waals surface area contributed by atoms with Gasteiger partial charge in [-0.25, -0.2) is 9.78 Å². The molecule has 1 atom stereocenters. The molecule has 0 amide bonds. The molecule has 1 aliphatic rings. The predicted molar refractivity (Wildman–Crippen MR) is 144 cm³/mol. The lowest BCUT2D eigenvalue weighted by atomic mass is 9.87. The number of nitrogen functional groups attached to an aromatic ring is 1. The summed E-state index contributed by atoms with van der Waals surface area (Å²) >= 11 is 0. The molecule has 1 aliphatic carbocycles. The number of anilines is 1. The van der Waals surface area contributed by atoms with E-state index in [2.05, 4.69) is 15.0 Å². The maximum Gasteiger partial charge on any atom is 0.519 e. The number of nitrogens with zero attached hydrogens (tertiary/aromatic N) is 3. The van der Waals surface area contributed by atoms with Gasteiger partial charge in [-0.15, -0.1) is 0 Å². The van der Waals surface area contributed by atoms with Crippen LogP contribution in [0.5, 0.6) is 0 Å². The second-order valence-corrected chi connectivity index (χ2v) is 11.0. The number of ether oxygens (including phenoxy) is 1. The van der Waals surface area contributed by atoms with Gasteiger partial charge in [-0.05, 0) is 25.3 Å². The van der Waals surface area contributed by atoms with E-state index in [0.717, 1.165) is 36.8 Å². The summed E-state index contributed by atoms with van der Waals surface area (Å²) in [5.74, 6) is 0.477. The maximum absolute atomic E-state index is 12.0. The predicted octanol–water partition coefficient (Wildman–Crippen LogP) is 4.32. The quantitative estimate of drug-likeness (QED) is 0.190. The summed E-state index contributed by atoms with van der Waals surface area (Å²) in [5, 5.41) is 0. The lowest BCUT2D eigenvalue weighted by Gasteiger charge is -2.20. The molecule has 4 aromatic rings. The average Bonchev–Trinajstić information content (AvgIpc) is 3.52. The standard InChI is InChI=1S/C26H32N5O7P/c1-17-7-9-18(10-8-17)13-35-39(36-14-20-22(38-26(33)37-20)19-5-3-2-4-6-19)16-34-12-11-31-15-28-21-23(31)29-25(27)30-24(21)32/h7-10,15,19H,2-6,11-14,16H2,1H3,(H3,27,29,30,32). The van der Waals surface area contributed by atoms with Crippen molar-refractivity contribution in [3.05, 3.63) is 74.2 Å². The van der Waals surface area contributed by atoms with Crippen molar-refractivity contribution in [2.24, 2.45) is 0 Å². The summed E-state index contributed by atoms with van der Waals surface area (Å²) in [7, 11) is -1.49. The van der Waals surface area contributed by atoms with E-state index >= 15 is 0 Å². The van der Waals surface area contributed by atoms with Crippen LogP contribution < -0.4 is 17.1 Å². The van der Waals surface area contributed by atoms with E-state index < -0.39 is 19.8 Å². The van der Waals surface area contributed by atoms with Gasteiger partial charge in [0.1, 0.15) is 13.0 Å². The van der Waals surface area contributed by atoms with Crippen molar-refractivity contribution < 1.29 is 22.6 Å². The van der Waals surface area contributed by atoms with E-state index in [1.165, 1.54) is 12.7 Å². The molecule has 0 aliphatic heterocycles. The SMILES string of the molecule is Cc1ccc(COP(COCCn2cnc3c(=O)[nH]c(N)nc32)OCc2oc(=O)oc2C2CCCCC2)cc1. The number of aromatic nitrogens is 4. The van der Waals surface area contributed by atoms with Gasteiger partial charge < -0.3 is 32.9 Å². The first-order chi connectivity index (χ1) is 19.0. The Bertz CT molecular complexity index is 1490. The van der Waals surface area contributed by atoms with Crippen molar-refractivity contribution in [3.63, 3.8) is 0 Å². The molecule has 0 spiro atoms. The summed E-state index contributed by atoms with van der Waals surface area (Å²) in [5.41, 5.74) is 8.06. The normalized spacial score (nSPS) is 15.2. The van der Waals surface area contributed by atoms with E-state index in [9.17, 15) is 9.59 Å². The fourth-order valence-electron chi connectivity index (χ4n) is 4.60. The van der Waals surface area contributed by atoms with E-state index in [4.69, 9.17) is 28.4 Å². The van der Waals surface area contributed by atoms with Crippen LogP contribution in [-0.4, -0.2) is 32.5 Å². The number of nitrogens with one attached hydrogen (secondary N) is 1. The molecule has 0 radical (unpaired) electrons. The second kappa shape index (κ2) is 12.7. The topological polar surface area (TPSA) is 161 Å². The molecular formula is C26H32N5O7P. The monoisotopic (exact) mass is 557 g/mol. The molecule has 1 unspecified atom stereocenters. The van der Waals surface area contributed by atoms with Crippen molar-refractivity contribution >= 4 is 25.5 Å². The minimum absolute atomic E-state index is 0.0232. The van der Waals surface area contributed by atoms with Crippen LogP contribution in [0, 0.1) is 6.92 Å². The number of aromatic amines is 1. The van der Waals surface area contributed by atoms with Crippen molar-refractivity contribution in [2.45, 2.75) is 64.7 Å². The second-order valence-electron chi connectivity index (χ2n) is 9.54. The first-order valence-corrected chi connectivity index (χ1v) is 14.3. The highest BCUT2D eigenvalue weighted by Gasteiger charge is 2.26. The van der Waals surface area contributed by atoms with Gasteiger partial charge in [-0.1, -0.05) is 49.1 Å². The Balaban J connectivity index is 1.21. The number of aryl methyl sites for hydroxylation is 1. The molecular weight excluding hydrogens is 525 g/mol. The Hall–Kier alpha value is -3.31. The molecule has 1 fully saturated rings. The lowest BCUT2D eigenvalue weighted by molar-refractivity contribution is 0.135. The van der Waals surface area contributed by atoms with Crippen LogP contribution in [0.4, 0.5) is 5.95 Å². The van der Waals surface area contributed by atoms with Gasteiger partial charge in [0.15, 0.2) is 31.1 Å². The zero-order valence-corrected chi connectivity index (χ0v) is 22.7. The van der Waals surface area contributed by atoms with Crippen molar-refractivity contribution in [3.8, 4) is 0 Å². The molecule has 3 heterocycles. The minimum atomic E-state index is -1.49. The number of nitrogens with two attached hydrogens (primary N) is 1. The van der Waals surface area contributed by atoms with Gasteiger partial charge in [0.25, 0.3) is 5.56 Å². The largest absolute Gasteiger partial charge is 0.519 e. The molecule has 0 bridgehead atoms. The third-order valence-corrected chi connectivity index (χ3v) is 7.88. The number of imidazole rings is 1. The third kappa shape index (κ3) is 7.02. The summed E-state index contributed by atoms with van der Waals surface area (Å²) in [6.45, 7) is 3.12. The van der Waals surface area contributed by atoms with Crippen molar-refractivity contribution in [1.29, 1.82) is 0 Å². The number of rotatable bonds is 12. The number of hydrogen-bond donors (Lipinski definition) is 2. The van der Waals surface area contributed by atoms with Gasteiger partial charge in [0, 0.05) is 12.5 Å². The van der Waals surface area contributed by atoms with Crippen LogP contribution in [0.25, 0.3) is 11.2 Å². The first-order valence-electron chi connectivity index (χ1n) is 13.0. The van der Waals surface area contributed by atoms with Crippen LogP contribution in [0.1, 0.15) is 60.7 Å². The van der Waals surface area contributed by atoms with Gasteiger partial charge in [-0.2, -0.15) is 4.98 Å². The zero-order valence-electron chi connectivity index (χ0n) is 21.8. The minimum Gasteiger partial charge on any atom is -0.395 e. The molecule has 0 saturated heterocycles. The zero-order chi connectivity index (χ0) is 27.2. The number of H-pyrrole nitrogens is 1. The summed E-state index contributed by atoms with van der Waals surface area (Å²) in [6, 6.07) is 8.06. The molecule has 5 rings (SSSR count).